The lowest BCUT2D eigenvalue weighted by Crippen LogP contribution is -2.31. The minimum atomic E-state index is 0.364. The second kappa shape index (κ2) is 18.1. The molecule has 0 amide bonds. The van der Waals surface area contributed by atoms with E-state index >= 15 is 0 Å². The molecule has 2 atom stereocenters. The average Bonchev–Trinajstić information content (AvgIpc) is 2.65. The quantitative estimate of drug-likeness (QED) is 0.191. The van der Waals surface area contributed by atoms with Crippen LogP contribution in [0.25, 0.3) is 0 Å². The first-order chi connectivity index (χ1) is 12.6. The Morgan fingerprint density at radius 1 is 0.654 bits per heavy atom. The van der Waals surface area contributed by atoms with Crippen LogP contribution in [0.3, 0.4) is 0 Å². The standard InChI is InChI=1S/C25H51N/c1-6-10-13-15-16-18-20-24(25(26)21-12-8-3)22(5)23(9-4)19-17-14-11-7-2/h24-25H,6-21,26H2,1-5H3/b23-22-. The highest BCUT2D eigenvalue weighted by atomic mass is 14.6. The zero-order valence-corrected chi connectivity index (χ0v) is 19.0. The molecule has 0 radical (unpaired) electrons. The summed E-state index contributed by atoms with van der Waals surface area (Å²) in [5.41, 5.74) is 10.1. The van der Waals surface area contributed by atoms with Crippen molar-refractivity contribution < 1.29 is 0 Å². The maximum Gasteiger partial charge on any atom is 0.0105 e. The number of allylic oxidation sites excluding steroid dienone is 1. The van der Waals surface area contributed by atoms with Gasteiger partial charge in [-0.15, -0.1) is 0 Å². The van der Waals surface area contributed by atoms with E-state index in [1.165, 1.54) is 103 Å². The molecule has 0 aliphatic heterocycles. The number of hydrogen-bond acceptors (Lipinski definition) is 1. The topological polar surface area (TPSA) is 26.0 Å². The fraction of sp³-hybridized carbons (Fsp3) is 0.920. The summed E-state index contributed by atoms with van der Waals surface area (Å²) in [6.07, 6.45) is 21.3. The van der Waals surface area contributed by atoms with Crippen LogP contribution in [-0.4, -0.2) is 6.04 Å². The van der Waals surface area contributed by atoms with Crippen molar-refractivity contribution in [2.45, 2.75) is 143 Å². The summed E-state index contributed by atoms with van der Waals surface area (Å²) in [4.78, 5) is 0. The smallest absolute Gasteiger partial charge is 0.0105 e. The molecule has 0 aromatic rings. The number of rotatable bonds is 18. The van der Waals surface area contributed by atoms with Gasteiger partial charge in [-0.25, -0.2) is 0 Å². The van der Waals surface area contributed by atoms with E-state index in [9.17, 15) is 0 Å². The minimum absolute atomic E-state index is 0.364. The van der Waals surface area contributed by atoms with Gasteiger partial charge in [0.05, 0.1) is 0 Å². The summed E-state index contributed by atoms with van der Waals surface area (Å²) in [6, 6.07) is 0.364. The Morgan fingerprint density at radius 3 is 1.77 bits per heavy atom. The second-order valence-corrected chi connectivity index (χ2v) is 8.42. The highest BCUT2D eigenvalue weighted by Crippen LogP contribution is 2.30. The first-order valence-electron chi connectivity index (χ1n) is 12.1. The summed E-state index contributed by atoms with van der Waals surface area (Å²) < 4.78 is 0. The summed E-state index contributed by atoms with van der Waals surface area (Å²) in [6.45, 7) is 11.6. The van der Waals surface area contributed by atoms with Crippen LogP contribution >= 0.6 is 0 Å². The van der Waals surface area contributed by atoms with E-state index in [0.29, 0.717) is 12.0 Å². The molecule has 0 bridgehead atoms. The van der Waals surface area contributed by atoms with Gasteiger partial charge in [0, 0.05) is 6.04 Å². The van der Waals surface area contributed by atoms with Crippen LogP contribution in [0.15, 0.2) is 11.1 Å². The molecular weight excluding hydrogens is 314 g/mol. The predicted octanol–water partition coefficient (Wildman–Crippen LogP) is 8.57. The largest absolute Gasteiger partial charge is 0.327 e. The molecule has 2 N–H and O–H groups in total. The lowest BCUT2D eigenvalue weighted by Gasteiger charge is -2.27. The molecule has 0 saturated heterocycles. The van der Waals surface area contributed by atoms with Crippen molar-refractivity contribution in [2.75, 3.05) is 0 Å². The van der Waals surface area contributed by atoms with Gasteiger partial charge in [0.15, 0.2) is 0 Å². The van der Waals surface area contributed by atoms with Gasteiger partial charge in [0.2, 0.25) is 0 Å². The van der Waals surface area contributed by atoms with Crippen LogP contribution in [-0.2, 0) is 0 Å². The maximum atomic E-state index is 6.70. The molecule has 0 fully saturated rings. The Balaban J connectivity index is 4.76. The summed E-state index contributed by atoms with van der Waals surface area (Å²) in [7, 11) is 0. The molecule has 2 unspecified atom stereocenters. The van der Waals surface area contributed by atoms with Gasteiger partial charge >= 0.3 is 0 Å². The van der Waals surface area contributed by atoms with E-state index < -0.39 is 0 Å². The van der Waals surface area contributed by atoms with Crippen LogP contribution in [0.1, 0.15) is 137 Å². The van der Waals surface area contributed by atoms with Crippen molar-refractivity contribution in [1.82, 2.24) is 0 Å². The molecular formula is C25H51N. The summed E-state index contributed by atoms with van der Waals surface area (Å²) >= 11 is 0. The van der Waals surface area contributed by atoms with Crippen molar-refractivity contribution in [1.29, 1.82) is 0 Å². The fourth-order valence-electron chi connectivity index (χ4n) is 4.22. The van der Waals surface area contributed by atoms with Crippen LogP contribution in [0, 0.1) is 5.92 Å². The lowest BCUT2D eigenvalue weighted by molar-refractivity contribution is 0.394. The zero-order valence-electron chi connectivity index (χ0n) is 19.0. The van der Waals surface area contributed by atoms with Gasteiger partial charge in [-0.2, -0.15) is 0 Å². The maximum absolute atomic E-state index is 6.70. The monoisotopic (exact) mass is 365 g/mol. The molecule has 0 aliphatic rings. The van der Waals surface area contributed by atoms with Crippen LogP contribution < -0.4 is 5.73 Å². The number of nitrogens with two attached hydrogens (primary N) is 1. The third kappa shape index (κ3) is 12.2. The van der Waals surface area contributed by atoms with E-state index in [0.717, 1.165) is 0 Å². The van der Waals surface area contributed by atoms with E-state index in [1.807, 2.05) is 0 Å². The molecule has 1 nitrogen and oxygen atoms in total. The van der Waals surface area contributed by atoms with Crippen LogP contribution in [0.5, 0.6) is 0 Å². The van der Waals surface area contributed by atoms with E-state index in [1.54, 1.807) is 11.1 Å². The van der Waals surface area contributed by atoms with Crippen molar-refractivity contribution in [3.63, 3.8) is 0 Å². The normalized spacial score (nSPS) is 15.0. The van der Waals surface area contributed by atoms with Gasteiger partial charge in [-0.1, -0.05) is 109 Å². The first kappa shape index (κ1) is 25.7. The zero-order chi connectivity index (χ0) is 19.6. The highest BCUT2D eigenvalue weighted by molar-refractivity contribution is 5.17. The molecule has 0 spiro atoms. The fourth-order valence-corrected chi connectivity index (χ4v) is 4.22. The molecule has 26 heavy (non-hydrogen) atoms. The number of unbranched alkanes of at least 4 members (excludes halogenated alkanes) is 9. The van der Waals surface area contributed by atoms with Crippen molar-refractivity contribution in [3.05, 3.63) is 11.1 Å². The van der Waals surface area contributed by atoms with Gasteiger partial charge in [0.25, 0.3) is 0 Å². The Hall–Kier alpha value is -0.300. The third-order valence-corrected chi connectivity index (χ3v) is 6.15. The molecule has 1 heteroatoms. The Bertz CT molecular complexity index is 331. The number of hydrogen-bond donors (Lipinski definition) is 1. The molecule has 0 heterocycles. The molecule has 0 aromatic heterocycles. The SMILES string of the molecule is CCCCCCCCC(/C(C)=C(/CC)CCCCCC)C(N)CCCC. The van der Waals surface area contributed by atoms with E-state index in [-0.39, 0.29) is 0 Å². The van der Waals surface area contributed by atoms with Crippen LogP contribution in [0.4, 0.5) is 0 Å². The highest BCUT2D eigenvalue weighted by Gasteiger charge is 2.21. The summed E-state index contributed by atoms with van der Waals surface area (Å²) in [5.74, 6) is 0.619. The Labute approximate surface area is 166 Å². The Morgan fingerprint density at radius 2 is 1.19 bits per heavy atom. The van der Waals surface area contributed by atoms with E-state index in [2.05, 4.69) is 34.6 Å². The lowest BCUT2D eigenvalue weighted by atomic mass is 9.81. The Kier molecular flexibility index (Phi) is 17.9. The van der Waals surface area contributed by atoms with Crippen molar-refractivity contribution in [2.24, 2.45) is 11.7 Å². The molecule has 0 aliphatic carbocycles. The van der Waals surface area contributed by atoms with Gasteiger partial charge in [-0.05, 0) is 44.9 Å². The molecule has 0 saturated carbocycles. The first-order valence-corrected chi connectivity index (χ1v) is 12.1. The van der Waals surface area contributed by atoms with Gasteiger partial charge in [0.1, 0.15) is 0 Å². The van der Waals surface area contributed by atoms with Crippen molar-refractivity contribution >= 4 is 0 Å². The molecule has 0 aromatic carbocycles. The van der Waals surface area contributed by atoms with Crippen molar-refractivity contribution in [3.8, 4) is 0 Å². The second-order valence-electron chi connectivity index (χ2n) is 8.42. The van der Waals surface area contributed by atoms with Gasteiger partial charge in [-0.3, -0.25) is 0 Å². The molecule has 156 valence electrons. The van der Waals surface area contributed by atoms with Crippen LogP contribution in [0.2, 0.25) is 0 Å². The average molecular weight is 366 g/mol. The third-order valence-electron chi connectivity index (χ3n) is 6.15. The molecule has 0 rings (SSSR count). The van der Waals surface area contributed by atoms with E-state index in [4.69, 9.17) is 5.73 Å². The van der Waals surface area contributed by atoms with Gasteiger partial charge < -0.3 is 5.73 Å². The predicted molar refractivity (Wildman–Crippen MR) is 121 cm³/mol. The summed E-state index contributed by atoms with van der Waals surface area (Å²) in [5, 5.41) is 0. The minimum Gasteiger partial charge on any atom is -0.327 e.